The number of rotatable bonds is 2. The van der Waals surface area contributed by atoms with Gasteiger partial charge in [0.05, 0.1) is 11.0 Å². The molecule has 1 aliphatic rings. The summed E-state index contributed by atoms with van der Waals surface area (Å²) >= 11 is 5.88. The van der Waals surface area contributed by atoms with Crippen LogP contribution >= 0.6 is 11.6 Å². The molecule has 0 atom stereocenters. The molecule has 26 heavy (non-hydrogen) atoms. The van der Waals surface area contributed by atoms with Gasteiger partial charge in [0, 0.05) is 11.1 Å². The van der Waals surface area contributed by atoms with E-state index in [9.17, 15) is 9.59 Å². The third-order valence-corrected chi connectivity index (χ3v) is 4.19. The van der Waals surface area contributed by atoms with Crippen LogP contribution in [0.3, 0.4) is 0 Å². The summed E-state index contributed by atoms with van der Waals surface area (Å²) in [7, 11) is 0. The van der Waals surface area contributed by atoms with Gasteiger partial charge < -0.3 is 9.47 Å². The molecule has 0 unspecified atom stereocenters. The molecular weight excluding hydrogens is 352 g/mol. The molecule has 4 nitrogen and oxygen atoms in total. The first-order valence-corrected chi connectivity index (χ1v) is 8.60. The van der Waals surface area contributed by atoms with E-state index in [1.54, 1.807) is 70.2 Å². The first kappa shape index (κ1) is 18.2. The van der Waals surface area contributed by atoms with Crippen molar-refractivity contribution in [1.29, 1.82) is 0 Å². The minimum absolute atomic E-state index is 0.193. The molecule has 0 spiro atoms. The second-order valence-corrected chi connectivity index (χ2v) is 7.68. The molecule has 0 saturated carbocycles. The number of fused-ring (bicyclic) bond motifs is 1. The predicted molar refractivity (Wildman–Crippen MR) is 101 cm³/mol. The van der Waals surface area contributed by atoms with Crippen molar-refractivity contribution in [3.63, 3.8) is 0 Å². The largest absolute Gasteiger partial charge is 0.452 e. The van der Waals surface area contributed by atoms with Gasteiger partial charge in [-0.3, -0.25) is 9.59 Å². The first-order chi connectivity index (χ1) is 12.1. The van der Waals surface area contributed by atoms with E-state index in [2.05, 4.69) is 0 Å². The molecule has 5 heteroatoms. The topological polar surface area (TPSA) is 52.6 Å². The second-order valence-electron chi connectivity index (χ2n) is 7.24. The standard InChI is InChI=1S/C21H19ClO4/c1-12-9-15(25-20(24)21(2,3)4)11-16-18(12)19(23)17(26-16)10-13-5-7-14(22)8-6-13/h5-11H,1-4H3/b17-10-. The van der Waals surface area contributed by atoms with E-state index in [1.807, 2.05) is 0 Å². The number of carbonyl (C=O) groups excluding carboxylic acids is 2. The Balaban J connectivity index is 1.91. The summed E-state index contributed by atoms with van der Waals surface area (Å²) in [5.74, 6) is 0.442. The van der Waals surface area contributed by atoms with Gasteiger partial charge in [-0.1, -0.05) is 23.7 Å². The molecule has 1 aliphatic heterocycles. The molecule has 134 valence electrons. The number of esters is 1. The average Bonchev–Trinajstić information content (AvgIpc) is 2.85. The summed E-state index contributed by atoms with van der Waals surface area (Å²) in [5, 5.41) is 0.621. The lowest BCUT2D eigenvalue weighted by molar-refractivity contribution is -0.143. The van der Waals surface area contributed by atoms with Crippen LogP contribution in [0.4, 0.5) is 0 Å². The Hall–Kier alpha value is -2.59. The van der Waals surface area contributed by atoms with Crippen molar-refractivity contribution in [2.75, 3.05) is 0 Å². The van der Waals surface area contributed by atoms with Gasteiger partial charge >= 0.3 is 5.97 Å². The zero-order chi connectivity index (χ0) is 19.1. The lowest BCUT2D eigenvalue weighted by atomic mass is 9.97. The fourth-order valence-corrected chi connectivity index (χ4v) is 2.63. The van der Waals surface area contributed by atoms with Crippen molar-refractivity contribution in [2.24, 2.45) is 5.41 Å². The van der Waals surface area contributed by atoms with Crippen LogP contribution < -0.4 is 9.47 Å². The van der Waals surface area contributed by atoms with Crippen LogP contribution in [0.25, 0.3) is 6.08 Å². The highest BCUT2D eigenvalue weighted by molar-refractivity contribution is 6.30. The van der Waals surface area contributed by atoms with Gasteiger partial charge in [-0.2, -0.15) is 0 Å². The van der Waals surface area contributed by atoms with Gasteiger partial charge in [0.2, 0.25) is 5.78 Å². The van der Waals surface area contributed by atoms with Gasteiger partial charge in [0.15, 0.2) is 5.76 Å². The molecule has 0 N–H and O–H groups in total. The Bertz CT molecular complexity index is 918. The molecule has 0 fully saturated rings. The maximum atomic E-state index is 12.7. The second kappa shape index (κ2) is 6.61. The van der Waals surface area contributed by atoms with Crippen molar-refractivity contribution in [1.82, 2.24) is 0 Å². The van der Waals surface area contributed by atoms with Crippen molar-refractivity contribution >= 4 is 29.4 Å². The SMILES string of the molecule is Cc1cc(OC(=O)C(C)(C)C)cc2c1C(=O)/C(=C/c1ccc(Cl)cc1)O2. The number of aryl methyl sites for hydroxylation is 1. The van der Waals surface area contributed by atoms with Crippen LogP contribution in [-0.4, -0.2) is 11.8 Å². The van der Waals surface area contributed by atoms with Crippen LogP contribution in [-0.2, 0) is 4.79 Å². The molecule has 0 amide bonds. The van der Waals surface area contributed by atoms with Crippen molar-refractivity contribution in [3.05, 3.63) is 63.9 Å². The molecule has 0 saturated heterocycles. The van der Waals surface area contributed by atoms with Gasteiger partial charge in [-0.15, -0.1) is 0 Å². The smallest absolute Gasteiger partial charge is 0.316 e. The Morgan fingerprint density at radius 2 is 1.81 bits per heavy atom. The Morgan fingerprint density at radius 3 is 2.42 bits per heavy atom. The number of ether oxygens (including phenoxy) is 2. The molecule has 0 radical (unpaired) electrons. The number of Topliss-reactive ketones (excluding diaryl/α,β-unsaturated/α-hetero) is 1. The number of benzene rings is 2. The predicted octanol–water partition coefficient (Wildman–Crippen LogP) is 5.22. The fraction of sp³-hybridized carbons (Fsp3) is 0.238. The zero-order valence-electron chi connectivity index (χ0n) is 15.1. The first-order valence-electron chi connectivity index (χ1n) is 8.22. The summed E-state index contributed by atoms with van der Waals surface area (Å²) in [6.45, 7) is 7.13. The minimum Gasteiger partial charge on any atom is -0.452 e. The van der Waals surface area contributed by atoms with Gasteiger partial charge in [-0.25, -0.2) is 0 Å². The van der Waals surface area contributed by atoms with E-state index in [-0.39, 0.29) is 17.5 Å². The maximum absolute atomic E-state index is 12.7. The van der Waals surface area contributed by atoms with Crippen molar-refractivity contribution in [3.8, 4) is 11.5 Å². The van der Waals surface area contributed by atoms with Gasteiger partial charge in [-0.05, 0) is 63.1 Å². The maximum Gasteiger partial charge on any atom is 0.316 e. The van der Waals surface area contributed by atoms with Crippen LogP contribution in [0.15, 0.2) is 42.2 Å². The number of ketones is 1. The van der Waals surface area contributed by atoms with E-state index < -0.39 is 5.41 Å². The molecule has 1 heterocycles. The summed E-state index contributed by atoms with van der Waals surface area (Å²) in [6.07, 6.45) is 1.67. The molecule has 2 aromatic rings. The highest BCUT2D eigenvalue weighted by Crippen LogP contribution is 2.38. The highest BCUT2D eigenvalue weighted by atomic mass is 35.5. The molecule has 2 aromatic carbocycles. The molecule has 0 aliphatic carbocycles. The molecule has 3 rings (SSSR count). The lowest BCUT2D eigenvalue weighted by Gasteiger charge is -2.16. The number of hydrogen-bond acceptors (Lipinski definition) is 4. The minimum atomic E-state index is -0.622. The lowest BCUT2D eigenvalue weighted by Crippen LogP contribution is -2.25. The van der Waals surface area contributed by atoms with Crippen molar-refractivity contribution in [2.45, 2.75) is 27.7 Å². The van der Waals surface area contributed by atoms with E-state index in [4.69, 9.17) is 21.1 Å². The third kappa shape index (κ3) is 3.65. The van der Waals surface area contributed by atoms with E-state index in [0.29, 0.717) is 27.6 Å². The normalized spacial score (nSPS) is 15.0. The highest BCUT2D eigenvalue weighted by Gasteiger charge is 2.31. The number of halogens is 1. The number of hydrogen-bond donors (Lipinski definition) is 0. The van der Waals surface area contributed by atoms with E-state index >= 15 is 0 Å². The number of carbonyl (C=O) groups is 2. The monoisotopic (exact) mass is 370 g/mol. The molecule has 0 aromatic heterocycles. The fourth-order valence-electron chi connectivity index (χ4n) is 2.51. The summed E-state index contributed by atoms with van der Waals surface area (Å²) < 4.78 is 11.2. The Kier molecular flexibility index (Phi) is 4.63. The zero-order valence-corrected chi connectivity index (χ0v) is 15.8. The van der Waals surface area contributed by atoms with Crippen molar-refractivity contribution < 1.29 is 19.1 Å². The van der Waals surface area contributed by atoms with Crippen LogP contribution in [0, 0.1) is 12.3 Å². The van der Waals surface area contributed by atoms with E-state index in [0.717, 1.165) is 5.56 Å². The Morgan fingerprint density at radius 1 is 1.15 bits per heavy atom. The summed E-state index contributed by atoms with van der Waals surface area (Å²) in [5.41, 5.74) is 1.37. The van der Waals surface area contributed by atoms with Gasteiger partial charge in [0.25, 0.3) is 0 Å². The third-order valence-electron chi connectivity index (χ3n) is 3.93. The average molecular weight is 371 g/mol. The quantitative estimate of drug-likeness (QED) is 0.413. The Labute approximate surface area is 157 Å². The van der Waals surface area contributed by atoms with Gasteiger partial charge in [0.1, 0.15) is 11.5 Å². The summed E-state index contributed by atoms with van der Waals surface area (Å²) in [6, 6.07) is 10.4. The molecular formula is C21H19ClO4. The van der Waals surface area contributed by atoms with Crippen LogP contribution in [0.1, 0.15) is 42.3 Å². The summed E-state index contributed by atoms with van der Waals surface area (Å²) in [4.78, 5) is 24.7. The van der Waals surface area contributed by atoms with E-state index in [1.165, 1.54) is 0 Å². The van der Waals surface area contributed by atoms with Crippen LogP contribution in [0.2, 0.25) is 5.02 Å². The number of allylic oxidation sites excluding steroid dienone is 1. The molecule has 0 bridgehead atoms. The van der Waals surface area contributed by atoms with Crippen LogP contribution in [0.5, 0.6) is 11.5 Å².